The van der Waals surface area contributed by atoms with E-state index >= 15 is 0 Å². The maximum absolute atomic E-state index is 4.41. The number of likely N-dealkylation sites (tertiary alicyclic amines) is 1. The Hall–Kier alpha value is -0.790. The monoisotopic (exact) mass is 405 g/mol. The third-order valence-corrected chi connectivity index (χ3v) is 3.81. The smallest absolute Gasteiger partial charge is 0.193 e. The molecule has 1 N–H and O–H groups in total. The summed E-state index contributed by atoms with van der Waals surface area (Å²) in [6.07, 6.45) is 8.26. The Labute approximate surface area is 145 Å². The molecule has 1 saturated heterocycles. The number of hydrogen-bond acceptors (Lipinski definition) is 2. The third kappa shape index (κ3) is 5.84. The van der Waals surface area contributed by atoms with Crippen LogP contribution in [0, 0.1) is 11.8 Å². The third-order valence-electron chi connectivity index (χ3n) is 3.81. The minimum Gasteiger partial charge on any atom is -0.354 e. The number of nitrogens with one attached hydrogen (secondary N) is 1. The van der Waals surface area contributed by atoms with Crippen LogP contribution >= 0.6 is 24.0 Å². The SMILES string of the molecule is CN=C(NCCn1ccnc1)N1CCC(CC(C)C)C1.I. The Bertz CT molecular complexity index is 416. The molecule has 0 aliphatic carbocycles. The molecule has 120 valence electrons. The summed E-state index contributed by atoms with van der Waals surface area (Å²) in [5, 5.41) is 3.45. The number of aliphatic imine (C=N–C) groups is 1. The van der Waals surface area contributed by atoms with E-state index < -0.39 is 0 Å². The molecule has 5 nitrogen and oxygen atoms in total. The summed E-state index contributed by atoms with van der Waals surface area (Å²) in [4.78, 5) is 10.8. The number of halogens is 1. The van der Waals surface area contributed by atoms with Crippen molar-refractivity contribution in [2.75, 3.05) is 26.7 Å². The van der Waals surface area contributed by atoms with Crippen molar-refractivity contribution in [1.82, 2.24) is 19.8 Å². The highest BCUT2D eigenvalue weighted by Crippen LogP contribution is 2.23. The van der Waals surface area contributed by atoms with Gasteiger partial charge in [-0.05, 0) is 24.7 Å². The zero-order chi connectivity index (χ0) is 14.4. The van der Waals surface area contributed by atoms with E-state index in [4.69, 9.17) is 0 Å². The molecular weight excluding hydrogens is 377 g/mol. The average Bonchev–Trinajstić information content (AvgIpc) is 3.05. The Morgan fingerprint density at radius 3 is 2.90 bits per heavy atom. The molecule has 1 aromatic heterocycles. The normalized spacial score (nSPS) is 19.0. The van der Waals surface area contributed by atoms with E-state index in [1.807, 2.05) is 25.8 Å². The van der Waals surface area contributed by atoms with Crippen LogP contribution in [0.1, 0.15) is 26.7 Å². The van der Waals surface area contributed by atoms with Gasteiger partial charge in [0.2, 0.25) is 0 Å². The number of nitrogens with zero attached hydrogens (tertiary/aromatic N) is 4. The van der Waals surface area contributed by atoms with Gasteiger partial charge in [-0.25, -0.2) is 4.98 Å². The lowest BCUT2D eigenvalue weighted by Gasteiger charge is -2.22. The lowest BCUT2D eigenvalue weighted by Crippen LogP contribution is -2.41. The average molecular weight is 405 g/mol. The molecule has 0 amide bonds. The Morgan fingerprint density at radius 2 is 2.29 bits per heavy atom. The highest BCUT2D eigenvalue weighted by Gasteiger charge is 2.25. The molecule has 2 rings (SSSR count). The summed E-state index contributed by atoms with van der Waals surface area (Å²) < 4.78 is 2.08. The Balaban J connectivity index is 0.00000220. The van der Waals surface area contributed by atoms with E-state index in [2.05, 4.69) is 38.6 Å². The first kappa shape index (κ1) is 18.3. The van der Waals surface area contributed by atoms with Crippen molar-refractivity contribution in [3.8, 4) is 0 Å². The van der Waals surface area contributed by atoms with Gasteiger partial charge in [-0.3, -0.25) is 4.99 Å². The molecule has 1 aliphatic rings. The van der Waals surface area contributed by atoms with Crippen LogP contribution < -0.4 is 5.32 Å². The predicted molar refractivity (Wildman–Crippen MR) is 98.1 cm³/mol. The van der Waals surface area contributed by atoms with Crippen LogP contribution in [0.5, 0.6) is 0 Å². The molecule has 0 saturated carbocycles. The van der Waals surface area contributed by atoms with Gasteiger partial charge in [0.25, 0.3) is 0 Å². The maximum atomic E-state index is 4.41. The summed E-state index contributed by atoms with van der Waals surface area (Å²) in [5.41, 5.74) is 0. The van der Waals surface area contributed by atoms with Gasteiger partial charge in [0.15, 0.2) is 5.96 Å². The van der Waals surface area contributed by atoms with Gasteiger partial charge in [0.05, 0.1) is 6.33 Å². The Kier molecular flexibility index (Phi) is 8.06. The molecule has 1 fully saturated rings. The van der Waals surface area contributed by atoms with Crippen molar-refractivity contribution in [2.45, 2.75) is 33.2 Å². The predicted octanol–water partition coefficient (Wildman–Crippen LogP) is 2.44. The fourth-order valence-corrected chi connectivity index (χ4v) is 2.93. The van der Waals surface area contributed by atoms with E-state index in [9.17, 15) is 0 Å². The first-order valence-corrected chi connectivity index (χ1v) is 7.60. The minimum absolute atomic E-state index is 0. The van der Waals surface area contributed by atoms with E-state index in [0.717, 1.165) is 44.0 Å². The van der Waals surface area contributed by atoms with Gasteiger partial charge in [0.1, 0.15) is 0 Å². The molecule has 2 heterocycles. The van der Waals surface area contributed by atoms with Crippen molar-refractivity contribution in [3.63, 3.8) is 0 Å². The van der Waals surface area contributed by atoms with Crippen molar-refractivity contribution in [1.29, 1.82) is 0 Å². The topological polar surface area (TPSA) is 45.5 Å². The molecular formula is C15H28IN5. The zero-order valence-electron chi connectivity index (χ0n) is 13.3. The second-order valence-corrected chi connectivity index (χ2v) is 6.00. The van der Waals surface area contributed by atoms with Crippen LogP contribution in [-0.4, -0.2) is 47.1 Å². The van der Waals surface area contributed by atoms with E-state index in [1.165, 1.54) is 12.8 Å². The van der Waals surface area contributed by atoms with Crippen LogP contribution in [-0.2, 0) is 6.54 Å². The number of guanidine groups is 1. The summed E-state index contributed by atoms with van der Waals surface area (Å²) in [5.74, 6) is 2.65. The van der Waals surface area contributed by atoms with E-state index in [1.54, 1.807) is 0 Å². The number of aromatic nitrogens is 2. The molecule has 0 radical (unpaired) electrons. The van der Waals surface area contributed by atoms with Crippen LogP contribution in [0.15, 0.2) is 23.7 Å². The molecule has 6 heteroatoms. The fourth-order valence-electron chi connectivity index (χ4n) is 2.93. The van der Waals surface area contributed by atoms with Crippen molar-refractivity contribution in [3.05, 3.63) is 18.7 Å². The first-order chi connectivity index (χ1) is 9.69. The highest BCUT2D eigenvalue weighted by molar-refractivity contribution is 14.0. The second-order valence-electron chi connectivity index (χ2n) is 6.00. The van der Waals surface area contributed by atoms with Gasteiger partial charge in [-0.1, -0.05) is 13.8 Å². The molecule has 0 bridgehead atoms. The molecule has 1 atom stereocenters. The summed E-state index contributed by atoms with van der Waals surface area (Å²) in [7, 11) is 1.87. The van der Waals surface area contributed by atoms with Crippen LogP contribution in [0.2, 0.25) is 0 Å². The van der Waals surface area contributed by atoms with Gasteiger partial charge < -0.3 is 14.8 Å². The molecule has 1 aromatic rings. The van der Waals surface area contributed by atoms with Crippen LogP contribution in [0.25, 0.3) is 0 Å². The van der Waals surface area contributed by atoms with E-state index in [0.29, 0.717) is 0 Å². The summed E-state index contributed by atoms with van der Waals surface area (Å²) >= 11 is 0. The lowest BCUT2D eigenvalue weighted by atomic mass is 9.97. The maximum Gasteiger partial charge on any atom is 0.193 e. The molecule has 1 unspecified atom stereocenters. The van der Waals surface area contributed by atoms with E-state index in [-0.39, 0.29) is 24.0 Å². The second kappa shape index (κ2) is 9.27. The minimum atomic E-state index is 0. The standard InChI is InChI=1S/C15H27N5.HI/c1-13(2)10-14-4-7-20(11-14)15(16-3)18-6-9-19-8-5-17-12-19;/h5,8,12-14H,4,6-7,9-11H2,1-3H3,(H,16,18);1H. The number of hydrogen-bond donors (Lipinski definition) is 1. The first-order valence-electron chi connectivity index (χ1n) is 7.60. The van der Waals surface area contributed by atoms with Crippen molar-refractivity contribution < 1.29 is 0 Å². The molecule has 1 aliphatic heterocycles. The Morgan fingerprint density at radius 1 is 1.48 bits per heavy atom. The van der Waals surface area contributed by atoms with Gasteiger partial charge in [0, 0.05) is 45.6 Å². The lowest BCUT2D eigenvalue weighted by molar-refractivity contribution is 0.403. The zero-order valence-corrected chi connectivity index (χ0v) is 15.7. The quantitative estimate of drug-likeness (QED) is 0.465. The van der Waals surface area contributed by atoms with Crippen LogP contribution in [0.4, 0.5) is 0 Å². The van der Waals surface area contributed by atoms with Gasteiger partial charge in [-0.15, -0.1) is 24.0 Å². The van der Waals surface area contributed by atoms with Crippen molar-refractivity contribution in [2.24, 2.45) is 16.8 Å². The number of imidazole rings is 1. The van der Waals surface area contributed by atoms with Crippen molar-refractivity contribution >= 4 is 29.9 Å². The molecule has 0 spiro atoms. The van der Waals surface area contributed by atoms with Crippen LogP contribution in [0.3, 0.4) is 0 Å². The van der Waals surface area contributed by atoms with Gasteiger partial charge in [-0.2, -0.15) is 0 Å². The summed E-state index contributed by atoms with van der Waals surface area (Å²) in [6, 6.07) is 0. The largest absolute Gasteiger partial charge is 0.354 e. The number of rotatable bonds is 5. The summed E-state index contributed by atoms with van der Waals surface area (Å²) in [6.45, 7) is 8.68. The fraction of sp³-hybridized carbons (Fsp3) is 0.733. The molecule has 21 heavy (non-hydrogen) atoms. The molecule has 0 aromatic carbocycles. The van der Waals surface area contributed by atoms with Gasteiger partial charge >= 0.3 is 0 Å². The highest BCUT2D eigenvalue weighted by atomic mass is 127.